The molecule has 1 aliphatic heterocycles. The number of hydrogen-bond donors (Lipinski definition) is 0. The van der Waals surface area contributed by atoms with E-state index in [4.69, 9.17) is 11.6 Å². The molecule has 0 saturated carbocycles. The van der Waals surface area contributed by atoms with Crippen molar-refractivity contribution in [1.29, 1.82) is 0 Å². The summed E-state index contributed by atoms with van der Waals surface area (Å²) < 4.78 is 1.53. The van der Waals surface area contributed by atoms with Gasteiger partial charge in [0.05, 0.1) is 0 Å². The molecule has 0 aliphatic carbocycles. The van der Waals surface area contributed by atoms with Crippen LogP contribution in [0.5, 0.6) is 0 Å². The number of amides is 1. The minimum Gasteiger partial charge on any atom is -0.310 e. The highest BCUT2D eigenvalue weighted by Crippen LogP contribution is 2.32. The summed E-state index contributed by atoms with van der Waals surface area (Å²) in [6.07, 6.45) is 2.82. The van der Waals surface area contributed by atoms with Gasteiger partial charge in [-0.3, -0.25) is 4.79 Å². The summed E-state index contributed by atoms with van der Waals surface area (Å²) in [7, 11) is 0. The largest absolute Gasteiger partial charge is 0.310 e. The van der Waals surface area contributed by atoms with E-state index < -0.39 is 6.04 Å². The molecule has 7 heteroatoms. The van der Waals surface area contributed by atoms with Crippen molar-refractivity contribution in [3.05, 3.63) is 71.0 Å². The van der Waals surface area contributed by atoms with Gasteiger partial charge < -0.3 is 4.90 Å². The van der Waals surface area contributed by atoms with Gasteiger partial charge in [0.15, 0.2) is 0 Å². The van der Waals surface area contributed by atoms with E-state index in [1.807, 2.05) is 48.5 Å². The van der Waals surface area contributed by atoms with Gasteiger partial charge in [0.1, 0.15) is 12.4 Å². The SMILES string of the molecule is O=C(C(Cc1ccccc1)n1cnnn1)N1CCc2cc(Cl)ccc21. The minimum atomic E-state index is -0.487. The molecule has 1 unspecified atom stereocenters. The average molecular weight is 354 g/mol. The number of tetrazole rings is 1. The van der Waals surface area contributed by atoms with Gasteiger partial charge in [-0.05, 0) is 46.2 Å². The van der Waals surface area contributed by atoms with Crippen LogP contribution < -0.4 is 4.90 Å². The second-order valence-electron chi connectivity index (χ2n) is 6.01. The van der Waals surface area contributed by atoms with E-state index in [1.54, 1.807) is 4.90 Å². The molecule has 126 valence electrons. The van der Waals surface area contributed by atoms with Gasteiger partial charge in [0, 0.05) is 23.7 Å². The first-order valence-corrected chi connectivity index (χ1v) is 8.46. The fraction of sp³-hybridized carbons (Fsp3) is 0.222. The lowest BCUT2D eigenvalue weighted by Gasteiger charge is -2.24. The van der Waals surface area contributed by atoms with Crippen molar-refractivity contribution in [2.24, 2.45) is 0 Å². The number of anilines is 1. The molecule has 4 rings (SSSR count). The van der Waals surface area contributed by atoms with Gasteiger partial charge in [-0.15, -0.1) is 5.10 Å². The molecular weight excluding hydrogens is 338 g/mol. The van der Waals surface area contributed by atoms with Crippen LogP contribution >= 0.6 is 11.6 Å². The standard InChI is InChI=1S/C18H16ClN5O/c19-15-6-7-16-14(11-15)8-9-23(16)18(25)17(24-12-20-21-22-24)10-13-4-2-1-3-5-13/h1-7,11-12,17H,8-10H2. The number of halogens is 1. The normalized spacial score (nSPS) is 14.4. The van der Waals surface area contributed by atoms with Crippen molar-refractivity contribution in [2.45, 2.75) is 18.9 Å². The van der Waals surface area contributed by atoms with Gasteiger partial charge in [0.25, 0.3) is 5.91 Å². The molecule has 0 N–H and O–H groups in total. The van der Waals surface area contributed by atoms with Gasteiger partial charge in [-0.2, -0.15) is 0 Å². The van der Waals surface area contributed by atoms with Gasteiger partial charge >= 0.3 is 0 Å². The number of carbonyl (C=O) groups excluding carboxylic acids is 1. The van der Waals surface area contributed by atoms with Crippen molar-refractivity contribution in [3.63, 3.8) is 0 Å². The third-order valence-corrected chi connectivity index (χ3v) is 4.68. The zero-order valence-corrected chi connectivity index (χ0v) is 14.2. The number of rotatable bonds is 4. The third-order valence-electron chi connectivity index (χ3n) is 4.44. The molecular formula is C18H16ClN5O. The van der Waals surface area contributed by atoms with Crippen molar-refractivity contribution in [2.75, 3.05) is 11.4 Å². The first kappa shape index (κ1) is 15.8. The maximum Gasteiger partial charge on any atom is 0.252 e. The predicted molar refractivity (Wildman–Crippen MR) is 94.5 cm³/mol. The Bertz CT molecular complexity index is 882. The van der Waals surface area contributed by atoms with Crippen molar-refractivity contribution in [3.8, 4) is 0 Å². The fourth-order valence-corrected chi connectivity index (χ4v) is 3.42. The van der Waals surface area contributed by atoms with E-state index >= 15 is 0 Å². The number of hydrogen-bond acceptors (Lipinski definition) is 4. The minimum absolute atomic E-state index is 0.0165. The van der Waals surface area contributed by atoms with Crippen molar-refractivity contribution < 1.29 is 4.79 Å². The maximum absolute atomic E-state index is 13.3. The first-order chi connectivity index (χ1) is 12.2. The summed E-state index contributed by atoms with van der Waals surface area (Å²) in [5.41, 5.74) is 3.07. The highest BCUT2D eigenvalue weighted by molar-refractivity contribution is 6.30. The van der Waals surface area contributed by atoms with E-state index in [2.05, 4.69) is 15.5 Å². The number of nitrogens with zero attached hydrogens (tertiary/aromatic N) is 5. The Kier molecular flexibility index (Phi) is 4.19. The van der Waals surface area contributed by atoms with Crippen LogP contribution in [0.4, 0.5) is 5.69 Å². The molecule has 1 aliphatic rings. The van der Waals surface area contributed by atoms with E-state index in [0.29, 0.717) is 18.0 Å². The summed E-state index contributed by atoms with van der Waals surface area (Å²) in [6, 6.07) is 15.0. The molecule has 1 atom stereocenters. The Labute approximate surface area is 150 Å². The molecule has 0 fully saturated rings. The van der Waals surface area contributed by atoms with E-state index in [-0.39, 0.29) is 5.91 Å². The number of carbonyl (C=O) groups is 1. The second-order valence-corrected chi connectivity index (χ2v) is 6.44. The molecule has 1 aromatic heterocycles. The average Bonchev–Trinajstić information content (AvgIpc) is 3.29. The second kappa shape index (κ2) is 6.64. The smallest absolute Gasteiger partial charge is 0.252 e. The molecule has 0 spiro atoms. The molecule has 2 aromatic carbocycles. The van der Waals surface area contributed by atoms with Crippen LogP contribution in [0.3, 0.4) is 0 Å². The van der Waals surface area contributed by atoms with E-state index in [9.17, 15) is 4.79 Å². The molecule has 3 aromatic rings. The quantitative estimate of drug-likeness (QED) is 0.723. The lowest BCUT2D eigenvalue weighted by Crippen LogP contribution is -2.37. The fourth-order valence-electron chi connectivity index (χ4n) is 3.22. The highest BCUT2D eigenvalue weighted by atomic mass is 35.5. The zero-order valence-electron chi connectivity index (χ0n) is 13.4. The first-order valence-electron chi connectivity index (χ1n) is 8.08. The zero-order chi connectivity index (χ0) is 17.2. The summed E-state index contributed by atoms with van der Waals surface area (Å²) >= 11 is 6.07. The Balaban J connectivity index is 1.65. The van der Waals surface area contributed by atoms with E-state index in [0.717, 1.165) is 23.2 Å². The van der Waals surface area contributed by atoms with E-state index in [1.165, 1.54) is 11.0 Å². The molecule has 6 nitrogen and oxygen atoms in total. The Morgan fingerprint density at radius 1 is 1.20 bits per heavy atom. The maximum atomic E-state index is 13.3. The number of fused-ring (bicyclic) bond motifs is 1. The third kappa shape index (κ3) is 3.13. The van der Waals surface area contributed by atoms with Crippen LogP contribution in [0.2, 0.25) is 5.02 Å². The molecule has 0 bridgehead atoms. The molecule has 0 radical (unpaired) electrons. The van der Waals surface area contributed by atoms with Crippen LogP contribution in [-0.4, -0.2) is 32.7 Å². The highest BCUT2D eigenvalue weighted by Gasteiger charge is 2.32. The topological polar surface area (TPSA) is 63.9 Å². The van der Waals surface area contributed by atoms with Crippen LogP contribution in [0.25, 0.3) is 0 Å². The van der Waals surface area contributed by atoms with Gasteiger partial charge in [-0.1, -0.05) is 41.9 Å². The monoisotopic (exact) mass is 353 g/mol. The van der Waals surface area contributed by atoms with Crippen molar-refractivity contribution >= 4 is 23.2 Å². The van der Waals surface area contributed by atoms with Gasteiger partial charge in [0.2, 0.25) is 0 Å². The number of benzene rings is 2. The summed E-state index contributed by atoms with van der Waals surface area (Å²) in [5.74, 6) is -0.0165. The lowest BCUT2D eigenvalue weighted by molar-refractivity contribution is -0.122. The summed E-state index contributed by atoms with van der Waals surface area (Å²) in [4.78, 5) is 15.1. The van der Waals surface area contributed by atoms with Crippen LogP contribution in [0.15, 0.2) is 54.9 Å². The molecule has 0 saturated heterocycles. The predicted octanol–water partition coefficient (Wildman–Crippen LogP) is 2.70. The Hall–Kier alpha value is -2.73. The Morgan fingerprint density at radius 3 is 2.80 bits per heavy atom. The lowest BCUT2D eigenvalue weighted by atomic mass is 10.0. The summed E-state index contributed by atoms with van der Waals surface area (Å²) in [6.45, 7) is 0.641. The van der Waals surface area contributed by atoms with Crippen LogP contribution in [0.1, 0.15) is 17.2 Å². The van der Waals surface area contributed by atoms with Crippen LogP contribution in [-0.2, 0) is 17.6 Å². The Morgan fingerprint density at radius 2 is 2.04 bits per heavy atom. The molecule has 2 heterocycles. The van der Waals surface area contributed by atoms with Crippen molar-refractivity contribution in [1.82, 2.24) is 20.2 Å². The molecule has 1 amide bonds. The number of aromatic nitrogens is 4. The summed E-state index contributed by atoms with van der Waals surface area (Å²) in [5, 5.41) is 12.0. The molecule has 25 heavy (non-hydrogen) atoms. The van der Waals surface area contributed by atoms with Gasteiger partial charge in [-0.25, -0.2) is 4.68 Å². The van der Waals surface area contributed by atoms with Crippen LogP contribution in [0, 0.1) is 0 Å².